The van der Waals surface area contributed by atoms with Crippen LogP contribution in [0.2, 0.25) is 0 Å². The molecule has 0 saturated carbocycles. The first-order valence-corrected chi connectivity index (χ1v) is 13.9. The Morgan fingerprint density at radius 3 is 2.61 bits per heavy atom. The lowest BCUT2D eigenvalue weighted by Gasteiger charge is -2.35. The van der Waals surface area contributed by atoms with Crippen LogP contribution in [0.15, 0.2) is 72.8 Å². The van der Waals surface area contributed by atoms with Crippen molar-refractivity contribution in [2.24, 2.45) is 0 Å². The second kappa shape index (κ2) is 11.3. The number of likely N-dealkylation sites (N-methyl/N-ethyl adjacent to an activating group) is 1. The van der Waals surface area contributed by atoms with Crippen molar-refractivity contribution in [1.82, 2.24) is 24.7 Å². The molecule has 2 amide bonds. The third kappa shape index (κ3) is 5.41. The number of ether oxygens (including phenoxy) is 1. The third-order valence-electron chi connectivity index (χ3n) is 7.90. The number of nitrogens with zero attached hydrogens (tertiary/aromatic N) is 4. The van der Waals surface area contributed by atoms with Crippen LogP contribution in [0.4, 0.5) is 10.7 Å². The predicted octanol–water partition coefficient (Wildman–Crippen LogP) is 3.60. The van der Waals surface area contributed by atoms with E-state index in [2.05, 4.69) is 32.1 Å². The molecule has 1 saturated heterocycles. The quantitative estimate of drug-likeness (QED) is 0.285. The number of amides is 2. The summed E-state index contributed by atoms with van der Waals surface area (Å²) in [4.78, 5) is 39.6. The fourth-order valence-corrected chi connectivity index (χ4v) is 5.62. The van der Waals surface area contributed by atoms with Gasteiger partial charge in [0.05, 0.1) is 17.6 Å². The van der Waals surface area contributed by atoms with Crippen LogP contribution >= 0.6 is 0 Å². The topological polar surface area (TPSA) is 114 Å². The van der Waals surface area contributed by atoms with Gasteiger partial charge in [-0.1, -0.05) is 54.6 Å². The van der Waals surface area contributed by atoms with Crippen molar-refractivity contribution in [1.29, 1.82) is 0 Å². The first-order valence-electron chi connectivity index (χ1n) is 13.9. The summed E-state index contributed by atoms with van der Waals surface area (Å²) in [7, 11) is 2.13. The number of carbonyl (C=O) groups is 2. The molecule has 10 nitrogen and oxygen atoms in total. The number of aromatic nitrogens is 2. The second-order valence-corrected chi connectivity index (χ2v) is 10.7. The molecule has 2 aliphatic rings. The number of hydrogen-bond acceptors (Lipinski definition) is 7. The molecule has 41 heavy (non-hydrogen) atoms. The zero-order chi connectivity index (χ0) is 28.4. The van der Waals surface area contributed by atoms with Gasteiger partial charge in [0.25, 0.3) is 5.91 Å². The van der Waals surface area contributed by atoms with Crippen LogP contribution in [-0.2, 0) is 17.0 Å². The molecule has 3 aromatic carbocycles. The summed E-state index contributed by atoms with van der Waals surface area (Å²) in [6, 6.07) is 22.0. The Labute approximate surface area is 238 Å². The number of hydrogen-bond donors (Lipinski definition) is 3. The monoisotopic (exact) mass is 554 g/mol. The Balaban J connectivity index is 1.16. The van der Waals surface area contributed by atoms with Crippen LogP contribution in [0, 0.1) is 0 Å². The Morgan fingerprint density at radius 1 is 1.05 bits per heavy atom. The Bertz CT molecular complexity index is 1550. The fourth-order valence-electron chi connectivity index (χ4n) is 5.62. The van der Waals surface area contributed by atoms with Crippen LogP contribution in [0.1, 0.15) is 33.5 Å². The molecule has 10 heteroatoms. The average Bonchev–Trinajstić information content (AvgIpc) is 3.49. The number of H-pyrrole nitrogens is 1. The summed E-state index contributed by atoms with van der Waals surface area (Å²) in [5.74, 6) is 0.00614. The minimum absolute atomic E-state index is 0.235. The number of carbonyl (C=O) groups excluding carboxylic acids is 2. The SMILES string of the molecule is CN1CCN(CCCOC(=O)Nc2nc3ccc(C4(O)c5ccccc5C(=O)N4Cc4ccccc4)cc3[nH]2)CC1. The smallest absolute Gasteiger partial charge is 0.413 e. The summed E-state index contributed by atoms with van der Waals surface area (Å²) >= 11 is 0. The fraction of sp³-hybridized carbons (Fsp3) is 0.323. The average molecular weight is 555 g/mol. The van der Waals surface area contributed by atoms with E-state index in [0.717, 1.165) is 44.7 Å². The Kier molecular flexibility index (Phi) is 7.44. The van der Waals surface area contributed by atoms with Crippen LogP contribution in [-0.4, -0.2) is 88.2 Å². The van der Waals surface area contributed by atoms with Gasteiger partial charge in [-0.3, -0.25) is 15.0 Å². The lowest BCUT2D eigenvalue weighted by molar-refractivity contribution is -0.0542. The minimum atomic E-state index is -1.68. The molecule has 4 aromatic rings. The van der Waals surface area contributed by atoms with Crippen molar-refractivity contribution in [3.8, 4) is 0 Å². The van der Waals surface area contributed by atoms with E-state index in [1.807, 2.05) is 36.4 Å². The van der Waals surface area contributed by atoms with E-state index in [-0.39, 0.29) is 18.4 Å². The zero-order valence-corrected chi connectivity index (χ0v) is 23.0. The van der Waals surface area contributed by atoms with Crippen LogP contribution in [0.25, 0.3) is 11.0 Å². The molecule has 1 fully saturated rings. The number of aromatic amines is 1. The van der Waals surface area contributed by atoms with E-state index in [1.165, 1.54) is 4.90 Å². The number of aliphatic hydroxyl groups is 1. The van der Waals surface area contributed by atoms with Gasteiger partial charge in [-0.05, 0) is 37.2 Å². The first kappa shape index (κ1) is 26.9. The molecule has 3 N–H and O–H groups in total. The number of rotatable bonds is 8. The summed E-state index contributed by atoms with van der Waals surface area (Å²) in [6.07, 6.45) is 0.185. The van der Waals surface area contributed by atoms with Gasteiger partial charge in [0.1, 0.15) is 0 Å². The van der Waals surface area contributed by atoms with Crippen molar-refractivity contribution in [3.05, 3.63) is 95.1 Å². The lowest BCUT2D eigenvalue weighted by Crippen LogP contribution is -2.44. The number of benzene rings is 3. The van der Waals surface area contributed by atoms with Gasteiger partial charge >= 0.3 is 6.09 Å². The van der Waals surface area contributed by atoms with Gasteiger partial charge in [0.2, 0.25) is 5.95 Å². The molecule has 1 aromatic heterocycles. The van der Waals surface area contributed by atoms with Crippen LogP contribution in [0.3, 0.4) is 0 Å². The molecule has 0 radical (unpaired) electrons. The van der Waals surface area contributed by atoms with Gasteiger partial charge in [0, 0.05) is 56.0 Å². The molecular formula is C31H34N6O4. The molecule has 0 spiro atoms. The van der Waals surface area contributed by atoms with Crippen molar-refractivity contribution in [3.63, 3.8) is 0 Å². The van der Waals surface area contributed by atoms with Crippen molar-refractivity contribution >= 4 is 29.0 Å². The highest BCUT2D eigenvalue weighted by Crippen LogP contribution is 2.43. The number of fused-ring (bicyclic) bond motifs is 2. The molecule has 2 aliphatic heterocycles. The van der Waals surface area contributed by atoms with Crippen molar-refractivity contribution in [2.45, 2.75) is 18.7 Å². The zero-order valence-electron chi connectivity index (χ0n) is 23.0. The molecule has 1 unspecified atom stereocenters. The minimum Gasteiger partial charge on any atom is -0.449 e. The Morgan fingerprint density at radius 2 is 1.80 bits per heavy atom. The summed E-state index contributed by atoms with van der Waals surface area (Å²) in [6.45, 7) is 5.62. The van der Waals surface area contributed by atoms with Crippen LogP contribution in [0.5, 0.6) is 0 Å². The normalized spacial score (nSPS) is 19.5. The second-order valence-electron chi connectivity index (χ2n) is 10.7. The van der Waals surface area contributed by atoms with Crippen molar-refractivity contribution in [2.75, 3.05) is 51.7 Å². The van der Waals surface area contributed by atoms with Gasteiger partial charge in [-0.15, -0.1) is 0 Å². The molecule has 1 atom stereocenters. The highest BCUT2D eigenvalue weighted by Gasteiger charge is 2.49. The molecule has 212 valence electrons. The van der Waals surface area contributed by atoms with E-state index in [0.29, 0.717) is 34.3 Å². The molecule has 0 aliphatic carbocycles. The Hall–Kier alpha value is -4.25. The van der Waals surface area contributed by atoms with E-state index in [9.17, 15) is 14.7 Å². The number of anilines is 1. The van der Waals surface area contributed by atoms with Gasteiger partial charge in [0.15, 0.2) is 5.72 Å². The number of nitrogens with one attached hydrogen (secondary N) is 2. The van der Waals surface area contributed by atoms with E-state index >= 15 is 0 Å². The molecule has 0 bridgehead atoms. The molecular weight excluding hydrogens is 520 g/mol. The standard InChI is InChI=1S/C31H34N6O4/c1-35-15-17-36(18-16-35)14-7-19-41-30(39)34-29-32-26-13-12-23(20-27(26)33-29)31(40)25-11-6-5-10-24(25)28(38)37(31)21-22-8-3-2-4-9-22/h2-6,8-13,20,40H,7,14-19,21H2,1H3,(H2,32,33,34,39). The molecule has 3 heterocycles. The maximum Gasteiger partial charge on any atom is 0.413 e. The van der Waals surface area contributed by atoms with E-state index in [4.69, 9.17) is 4.74 Å². The maximum absolute atomic E-state index is 13.5. The first-order chi connectivity index (χ1) is 19.9. The van der Waals surface area contributed by atoms with E-state index < -0.39 is 11.8 Å². The summed E-state index contributed by atoms with van der Waals surface area (Å²) in [5, 5.41) is 14.9. The third-order valence-corrected chi connectivity index (χ3v) is 7.90. The van der Waals surface area contributed by atoms with Crippen molar-refractivity contribution < 1.29 is 19.4 Å². The van der Waals surface area contributed by atoms with Gasteiger partial charge in [-0.2, -0.15) is 0 Å². The summed E-state index contributed by atoms with van der Waals surface area (Å²) < 4.78 is 5.37. The highest BCUT2D eigenvalue weighted by molar-refractivity contribution is 6.00. The predicted molar refractivity (Wildman–Crippen MR) is 155 cm³/mol. The lowest BCUT2D eigenvalue weighted by atomic mass is 9.93. The largest absolute Gasteiger partial charge is 0.449 e. The van der Waals surface area contributed by atoms with Crippen LogP contribution < -0.4 is 5.32 Å². The highest BCUT2D eigenvalue weighted by atomic mass is 16.5. The van der Waals surface area contributed by atoms with Gasteiger partial charge in [-0.25, -0.2) is 9.78 Å². The molecule has 6 rings (SSSR count). The van der Waals surface area contributed by atoms with Gasteiger partial charge < -0.3 is 24.6 Å². The number of piperazine rings is 1. The summed E-state index contributed by atoms with van der Waals surface area (Å²) in [5.41, 5.74) is 1.95. The number of imidazole rings is 1. The van der Waals surface area contributed by atoms with E-state index in [1.54, 1.807) is 36.4 Å². The maximum atomic E-state index is 13.5.